The summed E-state index contributed by atoms with van der Waals surface area (Å²) < 4.78 is 6.97. The van der Waals surface area contributed by atoms with Crippen molar-refractivity contribution in [2.45, 2.75) is 0 Å². The molecule has 0 N–H and O–H groups in total. The predicted octanol–water partition coefficient (Wildman–Crippen LogP) is 3.38. The van der Waals surface area contributed by atoms with Crippen molar-refractivity contribution >= 4 is 17.0 Å². The van der Waals surface area contributed by atoms with Gasteiger partial charge < -0.3 is 4.42 Å². The average Bonchev–Trinajstić information content (AvgIpc) is 3.21. The van der Waals surface area contributed by atoms with Crippen molar-refractivity contribution < 1.29 is 9.21 Å². The highest BCUT2D eigenvalue weighted by Gasteiger charge is 2.14. The van der Waals surface area contributed by atoms with Gasteiger partial charge in [0.1, 0.15) is 5.52 Å². The van der Waals surface area contributed by atoms with Gasteiger partial charge in [-0.2, -0.15) is 5.10 Å². The van der Waals surface area contributed by atoms with Gasteiger partial charge in [-0.1, -0.05) is 30.3 Å². The van der Waals surface area contributed by atoms with Gasteiger partial charge in [0.15, 0.2) is 5.58 Å². The fourth-order valence-electron chi connectivity index (χ4n) is 2.25. The molecular weight excluding hydrogens is 278 g/mol. The molecule has 0 saturated carbocycles. The normalized spacial score (nSPS) is 10.9. The lowest BCUT2D eigenvalue weighted by Crippen LogP contribution is -2.11. The number of oxazole rings is 1. The van der Waals surface area contributed by atoms with Crippen LogP contribution in [0.15, 0.2) is 71.4 Å². The zero-order valence-corrected chi connectivity index (χ0v) is 11.5. The molecule has 106 valence electrons. The van der Waals surface area contributed by atoms with Crippen molar-refractivity contribution in [3.05, 3.63) is 72.6 Å². The van der Waals surface area contributed by atoms with Crippen LogP contribution in [0.25, 0.3) is 22.6 Å². The first-order chi connectivity index (χ1) is 10.8. The number of aromatic nitrogens is 3. The van der Waals surface area contributed by atoms with Gasteiger partial charge in [0, 0.05) is 11.8 Å². The van der Waals surface area contributed by atoms with Gasteiger partial charge in [0.25, 0.3) is 5.91 Å². The SMILES string of the molecule is O=C(c1ccccc1)n1cc(-c2nc3ccccc3o2)cn1. The Kier molecular flexibility index (Phi) is 2.83. The molecule has 0 atom stereocenters. The van der Waals surface area contributed by atoms with Gasteiger partial charge in [0.2, 0.25) is 5.89 Å². The van der Waals surface area contributed by atoms with Crippen molar-refractivity contribution in [3.63, 3.8) is 0 Å². The third-order valence-electron chi connectivity index (χ3n) is 3.35. The second kappa shape index (κ2) is 4.96. The number of rotatable bonds is 2. The number of para-hydroxylation sites is 2. The summed E-state index contributed by atoms with van der Waals surface area (Å²) in [5.41, 5.74) is 2.73. The number of fused-ring (bicyclic) bond motifs is 1. The number of benzene rings is 2. The second-order valence-electron chi connectivity index (χ2n) is 4.83. The maximum Gasteiger partial charge on any atom is 0.278 e. The Labute approximate surface area is 125 Å². The Bertz CT molecular complexity index is 921. The highest BCUT2D eigenvalue weighted by molar-refractivity contribution is 5.95. The van der Waals surface area contributed by atoms with Crippen LogP contribution in [-0.2, 0) is 0 Å². The number of hydrogen-bond donors (Lipinski definition) is 0. The molecule has 0 spiro atoms. The molecule has 0 aliphatic rings. The van der Waals surface area contributed by atoms with Gasteiger partial charge >= 0.3 is 0 Å². The Morgan fingerprint density at radius 1 is 1.00 bits per heavy atom. The van der Waals surface area contributed by atoms with Crippen LogP contribution in [0.3, 0.4) is 0 Å². The van der Waals surface area contributed by atoms with E-state index in [1.807, 2.05) is 42.5 Å². The summed E-state index contributed by atoms with van der Waals surface area (Å²) in [4.78, 5) is 16.7. The molecule has 0 radical (unpaired) electrons. The van der Waals surface area contributed by atoms with Crippen LogP contribution in [0.2, 0.25) is 0 Å². The van der Waals surface area contributed by atoms with Crippen molar-refractivity contribution in [2.24, 2.45) is 0 Å². The van der Waals surface area contributed by atoms with Crippen LogP contribution >= 0.6 is 0 Å². The van der Waals surface area contributed by atoms with E-state index in [0.29, 0.717) is 22.6 Å². The summed E-state index contributed by atoms with van der Waals surface area (Å²) in [6.07, 6.45) is 3.20. The maximum absolute atomic E-state index is 12.3. The van der Waals surface area contributed by atoms with Crippen molar-refractivity contribution in [1.82, 2.24) is 14.8 Å². The van der Waals surface area contributed by atoms with Gasteiger partial charge in [0.05, 0.1) is 11.8 Å². The Morgan fingerprint density at radius 2 is 1.77 bits per heavy atom. The topological polar surface area (TPSA) is 60.9 Å². The van der Waals surface area contributed by atoms with Gasteiger partial charge in [-0.15, -0.1) is 0 Å². The molecule has 2 aromatic carbocycles. The molecular formula is C17H11N3O2. The number of hydrogen-bond acceptors (Lipinski definition) is 4. The monoisotopic (exact) mass is 289 g/mol. The molecule has 5 nitrogen and oxygen atoms in total. The first-order valence-corrected chi connectivity index (χ1v) is 6.81. The molecule has 4 rings (SSSR count). The van der Waals surface area contributed by atoms with Crippen LogP contribution < -0.4 is 0 Å². The number of carbonyl (C=O) groups is 1. The van der Waals surface area contributed by atoms with E-state index in [9.17, 15) is 4.79 Å². The van der Waals surface area contributed by atoms with Crippen LogP contribution in [0, 0.1) is 0 Å². The fourth-order valence-corrected chi connectivity index (χ4v) is 2.25. The van der Waals surface area contributed by atoms with E-state index < -0.39 is 0 Å². The minimum absolute atomic E-state index is 0.192. The van der Waals surface area contributed by atoms with Crippen molar-refractivity contribution in [1.29, 1.82) is 0 Å². The third-order valence-corrected chi connectivity index (χ3v) is 3.35. The molecule has 0 aliphatic carbocycles. The largest absolute Gasteiger partial charge is 0.436 e. The lowest BCUT2D eigenvalue weighted by atomic mass is 10.2. The predicted molar refractivity (Wildman–Crippen MR) is 81.4 cm³/mol. The maximum atomic E-state index is 12.3. The first-order valence-electron chi connectivity index (χ1n) is 6.81. The summed E-state index contributed by atoms with van der Waals surface area (Å²) in [6, 6.07) is 16.5. The summed E-state index contributed by atoms with van der Waals surface area (Å²) >= 11 is 0. The Balaban J connectivity index is 1.70. The molecule has 2 heterocycles. The van der Waals surface area contributed by atoms with E-state index in [1.165, 1.54) is 4.68 Å². The average molecular weight is 289 g/mol. The minimum atomic E-state index is -0.192. The van der Waals surface area contributed by atoms with Crippen LogP contribution in [0.5, 0.6) is 0 Å². The third kappa shape index (κ3) is 2.09. The molecule has 0 aliphatic heterocycles. The van der Waals surface area contributed by atoms with Crippen LogP contribution in [-0.4, -0.2) is 20.7 Å². The van der Waals surface area contributed by atoms with Crippen molar-refractivity contribution in [2.75, 3.05) is 0 Å². The number of nitrogens with zero attached hydrogens (tertiary/aromatic N) is 3. The smallest absolute Gasteiger partial charge is 0.278 e. The Morgan fingerprint density at radius 3 is 2.59 bits per heavy atom. The van der Waals surface area contributed by atoms with E-state index in [1.54, 1.807) is 24.5 Å². The van der Waals surface area contributed by atoms with E-state index in [0.717, 1.165) is 5.52 Å². The molecule has 0 fully saturated rings. The van der Waals surface area contributed by atoms with Gasteiger partial charge in [-0.05, 0) is 24.3 Å². The quantitative estimate of drug-likeness (QED) is 0.567. The standard InChI is InChI=1S/C17H11N3O2/c21-17(12-6-2-1-3-7-12)20-11-13(10-18-20)16-19-14-8-4-5-9-15(14)22-16/h1-11H. The zero-order valence-electron chi connectivity index (χ0n) is 11.5. The van der Waals surface area contributed by atoms with Gasteiger partial charge in [-0.3, -0.25) is 4.79 Å². The highest BCUT2D eigenvalue weighted by Crippen LogP contribution is 2.23. The molecule has 0 bridgehead atoms. The number of carbonyl (C=O) groups excluding carboxylic acids is 1. The molecule has 0 amide bonds. The molecule has 4 aromatic rings. The Hall–Kier alpha value is -3.21. The lowest BCUT2D eigenvalue weighted by molar-refractivity contribution is 0.0945. The fraction of sp³-hybridized carbons (Fsp3) is 0. The summed E-state index contributed by atoms with van der Waals surface area (Å²) in [5.74, 6) is 0.260. The molecule has 5 heteroatoms. The summed E-state index contributed by atoms with van der Waals surface area (Å²) in [6.45, 7) is 0. The first kappa shape index (κ1) is 12.5. The molecule has 0 saturated heterocycles. The van der Waals surface area contributed by atoms with E-state index in [2.05, 4.69) is 10.1 Å². The second-order valence-corrected chi connectivity index (χ2v) is 4.83. The summed E-state index contributed by atoms with van der Waals surface area (Å²) in [7, 11) is 0. The highest BCUT2D eigenvalue weighted by atomic mass is 16.3. The van der Waals surface area contributed by atoms with E-state index in [4.69, 9.17) is 4.42 Å². The lowest BCUT2D eigenvalue weighted by Gasteiger charge is -1.98. The molecule has 22 heavy (non-hydrogen) atoms. The van der Waals surface area contributed by atoms with E-state index in [-0.39, 0.29) is 5.91 Å². The summed E-state index contributed by atoms with van der Waals surface area (Å²) in [5, 5.41) is 4.11. The van der Waals surface area contributed by atoms with Crippen LogP contribution in [0.1, 0.15) is 10.4 Å². The van der Waals surface area contributed by atoms with E-state index >= 15 is 0 Å². The van der Waals surface area contributed by atoms with Gasteiger partial charge in [-0.25, -0.2) is 9.67 Å². The van der Waals surface area contributed by atoms with Crippen molar-refractivity contribution in [3.8, 4) is 11.5 Å². The van der Waals surface area contributed by atoms with Crippen LogP contribution in [0.4, 0.5) is 0 Å². The minimum Gasteiger partial charge on any atom is -0.436 e. The molecule has 2 aromatic heterocycles. The molecule has 0 unspecified atom stereocenters. The zero-order chi connectivity index (χ0) is 14.9.